The number of nitrogens with one attached hydrogen (secondary N) is 1. The molecule has 2 N–H and O–H groups in total. The molecule has 0 aromatic carbocycles. The largest absolute Gasteiger partial charge is 0.480 e. The maximum Gasteiger partial charge on any atom is 0.326 e. The molecule has 1 atom stereocenters. The first-order chi connectivity index (χ1) is 8.32. The van der Waals surface area contributed by atoms with E-state index in [2.05, 4.69) is 14.7 Å². The van der Waals surface area contributed by atoms with Crippen molar-refractivity contribution in [3.8, 4) is 0 Å². The van der Waals surface area contributed by atoms with Gasteiger partial charge in [0.05, 0.1) is 0 Å². The van der Waals surface area contributed by atoms with Crippen LogP contribution in [0, 0.1) is 5.92 Å². The quantitative estimate of drug-likeness (QED) is 0.837. The fraction of sp³-hybridized carbons (Fsp3) is 0.500. The molecular weight excluding hydrogens is 250 g/mol. The number of aliphatic carboxylic acids is 1. The lowest BCUT2D eigenvalue weighted by Crippen LogP contribution is -2.44. The second-order valence-electron chi connectivity index (χ2n) is 3.91. The number of rotatable bonds is 5. The van der Waals surface area contributed by atoms with Gasteiger partial charge >= 0.3 is 12.4 Å². The lowest BCUT2D eigenvalue weighted by Gasteiger charge is -2.16. The van der Waals surface area contributed by atoms with Crippen LogP contribution in [-0.2, 0) is 4.79 Å². The molecule has 0 unspecified atom stereocenters. The van der Waals surface area contributed by atoms with Crippen LogP contribution in [0.2, 0.25) is 0 Å². The number of nitrogens with zero attached hydrogens (tertiary/aromatic N) is 1. The van der Waals surface area contributed by atoms with Gasteiger partial charge in [-0.15, -0.1) is 0 Å². The second-order valence-corrected chi connectivity index (χ2v) is 3.91. The van der Waals surface area contributed by atoms with Gasteiger partial charge in [-0.3, -0.25) is 4.79 Å². The van der Waals surface area contributed by atoms with E-state index in [0.29, 0.717) is 0 Å². The van der Waals surface area contributed by atoms with E-state index in [1.54, 1.807) is 13.8 Å². The van der Waals surface area contributed by atoms with Crippen LogP contribution in [0.5, 0.6) is 0 Å². The number of amides is 1. The topological polar surface area (TPSA) is 92.4 Å². The molecule has 18 heavy (non-hydrogen) atoms. The van der Waals surface area contributed by atoms with Crippen LogP contribution in [0.4, 0.5) is 8.78 Å². The van der Waals surface area contributed by atoms with Crippen molar-refractivity contribution in [3.63, 3.8) is 0 Å². The van der Waals surface area contributed by atoms with Gasteiger partial charge in [0.15, 0.2) is 5.69 Å². The van der Waals surface area contributed by atoms with Gasteiger partial charge in [-0.25, -0.2) is 9.78 Å². The molecule has 1 aromatic heterocycles. The summed E-state index contributed by atoms with van der Waals surface area (Å²) in [5, 5.41) is 11.0. The fourth-order valence-electron chi connectivity index (χ4n) is 1.22. The summed E-state index contributed by atoms with van der Waals surface area (Å²) in [6.07, 6.45) is -2.16. The number of alkyl halides is 2. The van der Waals surface area contributed by atoms with E-state index in [1.165, 1.54) is 0 Å². The predicted molar refractivity (Wildman–Crippen MR) is 55.2 cm³/mol. The van der Waals surface area contributed by atoms with Gasteiger partial charge < -0.3 is 14.8 Å². The summed E-state index contributed by atoms with van der Waals surface area (Å²) in [6.45, 7) is 3.21. The zero-order valence-corrected chi connectivity index (χ0v) is 9.68. The van der Waals surface area contributed by atoms with Crippen molar-refractivity contribution in [2.75, 3.05) is 0 Å². The molecule has 0 radical (unpaired) electrons. The number of carbonyl (C=O) groups excluding carboxylic acids is 1. The van der Waals surface area contributed by atoms with E-state index < -0.39 is 30.2 Å². The van der Waals surface area contributed by atoms with Gasteiger partial charge in [0, 0.05) is 0 Å². The molecular formula is C10H12F2N2O4. The third-order valence-electron chi connectivity index (χ3n) is 2.16. The maximum absolute atomic E-state index is 12.2. The standard InChI is InChI=1S/C10H12F2N2O4/c1-4(2)6(10(16)17)14-8(15)5-3-18-9(13-5)7(11)12/h3-4,6-7H,1-2H3,(H,14,15)(H,16,17)/t6-/m0/s1. The molecule has 0 fully saturated rings. The highest BCUT2D eigenvalue weighted by molar-refractivity contribution is 5.94. The highest BCUT2D eigenvalue weighted by atomic mass is 19.3. The first-order valence-corrected chi connectivity index (χ1v) is 5.10. The Labute approximate surface area is 101 Å². The minimum absolute atomic E-state index is 0.354. The minimum Gasteiger partial charge on any atom is -0.480 e. The molecule has 0 bridgehead atoms. The SMILES string of the molecule is CC(C)[C@H](NC(=O)c1coc(C(F)F)n1)C(=O)O. The van der Waals surface area contributed by atoms with Crippen LogP contribution >= 0.6 is 0 Å². The monoisotopic (exact) mass is 262 g/mol. The van der Waals surface area contributed by atoms with Crippen molar-refractivity contribution in [3.05, 3.63) is 17.8 Å². The normalized spacial score (nSPS) is 12.8. The number of hydrogen-bond acceptors (Lipinski definition) is 4. The summed E-state index contributed by atoms with van der Waals surface area (Å²) in [5.41, 5.74) is -0.378. The smallest absolute Gasteiger partial charge is 0.326 e. The van der Waals surface area contributed by atoms with E-state index in [9.17, 15) is 18.4 Å². The molecule has 100 valence electrons. The van der Waals surface area contributed by atoms with Crippen molar-refractivity contribution < 1.29 is 27.9 Å². The predicted octanol–water partition coefficient (Wildman–Crippen LogP) is 1.45. The minimum atomic E-state index is -2.92. The summed E-state index contributed by atoms with van der Waals surface area (Å²) in [4.78, 5) is 25.7. The molecule has 0 aliphatic carbocycles. The Morgan fingerprint density at radius 2 is 2.06 bits per heavy atom. The fourth-order valence-corrected chi connectivity index (χ4v) is 1.22. The van der Waals surface area contributed by atoms with Crippen LogP contribution in [0.25, 0.3) is 0 Å². The molecule has 0 spiro atoms. The number of carboxylic acid groups (broad SMARTS) is 1. The zero-order valence-electron chi connectivity index (χ0n) is 9.68. The van der Waals surface area contributed by atoms with E-state index in [-0.39, 0.29) is 11.6 Å². The van der Waals surface area contributed by atoms with Crippen molar-refractivity contribution in [1.82, 2.24) is 10.3 Å². The molecule has 1 amide bonds. The summed E-state index contributed by atoms with van der Waals surface area (Å²) >= 11 is 0. The van der Waals surface area contributed by atoms with Crippen molar-refractivity contribution in [2.24, 2.45) is 5.92 Å². The molecule has 1 heterocycles. The summed E-state index contributed by atoms with van der Waals surface area (Å²) in [7, 11) is 0. The third kappa shape index (κ3) is 3.25. The van der Waals surface area contributed by atoms with Crippen LogP contribution in [0.1, 0.15) is 36.7 Å². The van der Waals surface area contributed by atoms with Gasteiger partial charge in [0.2, 0.25) is 0 Å². The third-order valence-corrected chi connectivity index (χ3v) is 2.16. The van der Waals surface area contributed by atoms with Crippen LogP contribution < -0.4 is 5.32 Å². The molecule has 1 aromatic rings. The Kier molecular flexibility index (Phi) is 4.35. The Balaban J connectivity index is 2.77. The lowest BCUT2D eigenvalue weighted by atomic mass is 10.0. The number of hydrogen-bond donors (Lipinski definition) is 2. The van der Waals surface area contributed by atoms with Crippen molar-refractivity contribution in [2.45, 2.75) is 26.3 Å². The molecule has 0 aliphatic heterocycles. The van der Waals surface area contributed by atoms with E-state index in [4.69, 9.17) is 5.11 Å². The Morgan fingerprint density at radius 3 is 2.44 bits per heavy atom. The van der Waals surface area contributed by atoms with E-state index >= 15 is 0 Å². The number of carboxylic acids is 1. The number of aromatic nitrogens is 1. The highest BCUT2D eigenvalue weighted by Gasteiger charge is 2.26. The lowest BCUT2D eigenvalue weighted by molar-refractivity contribution is -0.140. The first-order valence-electron chi connectivity index (χ1n) is 5.10. The average molecular weight is 262 g/mol. The highest BCUT2D eigenvalue weighted by Crippen LogP contribution is 2.17. The van der Waals surface area contributed by atoms with Gasteiger partial charge in [0.25, 0.3) is 11.8 Å². The van der Waals surface area contributed by atoms with E-state index in [1.807, 2.05) is 0 Å². The Morgan fingerprint density at radius 1 is 1.44 bits per heavy atom. The molecule has 8 heteroatoms. The first kappa shape index (κ1) is 14.1. The van der Waals surface area contributed by atoms with Gasteiger partial charge in [0.1, 0.15) is 12.3 Å². The second kappa shape index (κ2) is 5.56. The number of halogens is 2. The van der Waals surface area contributed by atoms with Gasteiger partial charge in [-0.2, -0.15) is 8.78 Å². The molecule has 0 saturated heterocycles. The van der Waals surface area contributed by atoms with Crippen molar-refractivity contribution >= 4 is 11.9 Å². The van der Waals surface area contributed by atoms with E-state index in [0.717, 1.165) is 6.26 Å². The summed E-state index contributed by atoms with van der Waals surface area (Å²) in [5.74, 6) is -3.31. The van der Waals surface area contributed by atoms with Crippen LogP contribution in [-0.4, -0.2) is 28.0 Å². The molecule has 6 nitrogen and oxygen atoms in total. The number of oxazole rings is 1. The van der Waals surface area contributed by atoms with Crippen LogP contribution in [0.15, 0.2) is 10.7 Å². The van der Waals surface area contributed by atoms with Gasteiger partial charge in [-0.1, -0.05) is 13.8 Å². The van der Waals surface area contributed by atoms with Gasteiger partial charge in [-0.05, 0) is 5.92 Å². The zero-order chi connectivity index (χ0) is 13.9. The molecule has 1 rings (SSSR count). The Bertz CT molecular complexity index is 445. The molecule has 0 saturated carbocycles. The summed E-state index contributed by atoms with van der Waals surface area (Å²) in [6, 6.07) is -1.12. The van der Waals surface area contributed by atoms with Crippen LogP contribution in [0.3, 0.4) is 0 Å². The summed E-state index contributed by atoms with van der Waals surface area (Å²) < 4.78 is 28.7. The molecule has 0 aliphatic rings. The number of carbonyl (C=O) groups is 2. The van der Waals surface area contributed by atoms with Crippen molar-refractivity contribution in [1.29, 1.82) is 0 Å². The average Bonchev–Trinajstić information content (AvgIpc) is 2.73. The maximum atomic E-state index is 12.2. The Hall–Kier alpha value is -1.99.